The molecule has 1 N–H and O–H groups in total. The summed E-state index contributed by atoms with van der Waals surface area (Å²) in [4.78, 5) is 21.4. The van der Waals surface area contributed by atoms with E-state index < -0.39 is 8.07 Å². The number of hydrogen-bond acceptors (Lipinski definition) is 3. The zero-order chi connectivity index (χ0) is 14.2. The molecule has 0 aromatic carbocycles. The zero-order valence-corrected chi connectivity index (χ0v) is 13.3. The Labute approximate surface area is 111 Å². The molecular weight excluding hydrogens is 246 g/mol. The number of nitrogens with one attached hydrogen (secondary N) is 1. The number of amides is 1. The third-order valence-electron chi connectivity index (χ3n) is 3.81. The third-order valence-corrected chi connectivity index (χ3v) is 9.32. The Morgan fingerprint density at radius 1 is 1.33 bits per heavy atom. The van der Waals surface area contributed by atoms with Crippen molar-refractivity contribution in [3.05, 3.63) is 0 Å². The third kappa shape index (κ3) is 6.79. The summed E-state index contributed by atoms with van der Waals surface area (Å²) in [5.41, 5.74) is 0. The molecule has 5 heteroatoms. The van der Waals surface area contributed by atoms with Crippen LogP contribution in [0.15, 0.2) is 0 Å². The zero-order valence-electron chi connectivity index (χ0n) is 12.3. The topological polar surface area (TPSA) is 55.4 Å². The minimum Gasteiger partial charge on any atom is -0.466 e. The Balaban J connectivity index is 3.77. The molecule has 0 atom stereocenters. The van der Waals surface area contributed by atoms with E-state index in [0.717, 1.165) is 6.04 Å². The first kappa shape index (κ1) is 17.2. The summed E-state index contributed by atoms with van der Waals surface area (Å²) in [5, 5.41) is 2.85. The van der Waals surface area contributed by atoms with Crippen molar-refractivity contribution >= 4 is 20.5 Å². The van der Waals surface area contributed by atoms with Gasteiger partial charge in [0.2, 0.25) is 6.41 Å². The van der Waals surface area contributed by atoms with Crippen LogP contribution >= 0.6 is 0 Å². The predicted octanol–water partition coefficient (Wildman–Crippen LogP) is 2.56. The first-order valence-corrected chi connectivity index (χ1v) is 9.74. The van der Waals surface area contributed by atoms with Gasteiger partial charge in [0, 0.05) is 13.0 Å². The fourth-order valence-electron chi connectivity index (χ4n) is 1.26. The maximum Gasteiger partial charge on any atom is 0.305 e. The van der Waals surface area contributed by atoms with Crippen molar-refractivity contribution in [3.63, 3.8) is 0 Å². The van der Waals surface area contributed by atoms with Gasteiger partial charge in [0.05, 0.1) is 14.7 Å². The molecule has 0 rings (SSSR count). The van der Waals surface area contributed by atoms with Gasteiger partial charge < -0.3 is 10.1 Å². The maximum absolute atomic E-state index is 11.4. The molecule has 1 amide bonds. The monoisotopic (exact) mass is 273 g/mol. The summed E-state index contributed by atoms with van der Waals surface area (Å²) in [6.07, 6.45) is 1.65. The van der Waals surface area contributed by atoms with E-state index in [1.165, 1.54) is 0 Å². The lowest BCUT2D eigenvalue weighted by atomic mass is 10.2. The van der Waals surface area contributed by atoms with Gasteiger partial charge in [-0.15, -0.1) is 0 Å². The van der Waals surface area contributed by atoms with Gasteiger partial charge in [-0.1, -0.05) is 33.9 Å². The van der Waals surface area contributed by atoms with Crippen LogP contribution in [0.3, 0.4) is 0 Å². The molecule has 0 aromatic heterocycles. The van der Waals surface area contributed by atoms with Crippen LogP contribution in [0.2, 0.25) is 24.2 Å². The molecule has 0 bridgehead atoms. The van der Waals surface area contributed by atoms with E-state index in [2.05, 4.69) is 39.2 Å². The predicted molar refractivity (Wildman–Crippen MR) is 76.3 cm³/mol. The highest BCUT2D eigenvalue weighted by atomic mass is 28.3. The highest BCUT2D eigenvalue weighted by molar-refractivity contribution is 6.80. The summed E-state index contributed by atoms with van der Waals surface area (Å²) in [7, 11) is -1.35. The highest BCUT2D eigenvalue weighted by Crippen LogP contribution is 2.38. The van der Waals surface area contributed by atoms with Gasteiger partial charge >= 0.3 is 5.97 Å². The van der Waals surface area contributed by atoms with Crippen molar-refractivity contribution in [2.75, 3.05) is 13.2 Å². The van der Waals surface area contributed by atoms with Gasteiger partial charge in [0.1, 0.15) is 0 Å². The van der Waals surface area contributed by atoms with Crippen LogP contribution in [0.25, 0.3) is 0 Å². The van der Waals surface area contributed by atoms with Gasteiger partial charge in [-0.05, 0) is 17.5 Å². The number of carbonyl (C=O) groups is 2. The molecule has 0 unspecified atom stereocenters. The van der Waals surface area contributed by atoms with E-state index in [1.807, 2.05) is 0 Å². The van der Waals surface area contributed by atoms with Crippen LogP contribution in [-0.2, 0) is 14.3 Å². The van der Waals surface area contributed by atoms with Crippen molar-refractivity contribution in [1.82, 2.24) is 5.32 Å². The molecule has 0 saturated carbocycles. The van der Waals surface area contributed by atoms with Crippen LogP contribution in [0.5, 0.6) is 0 Å². The molecule has 0 fully saturated rings. The lowest BCUT2D eigenvalue weighted by Gasteiger charge is -2.36. The first-order chi connectivity index (χ1) is 8.20. The molecule has 0 aliphatic rings. The van der Waals surface area contributed by atoms with Crippen molar-refractivity contribution < 1.29 is 14.3 Å². The number of esters is 1. The molecule has 0 radical (unpaired) electrons. The van der Waals surface area contributed by atoms with Gasteiger partial charge in [-0.2, -0.15) is 0 Å². The Bertz CT molecular complexity index is 272. The normalized spacial score (nSPS) is 12.1. The second-order valence-corrected chi connectivity index (χ2v) is 12.0. The molecule has 4 nitrogen and oxygen atoms in total. The van der Waals surface area contributed by atoms with Gasteiger partial charge in [-0.25, -0.2) is 0 Å². The van der Waals surface area contributed by atoms with Gasteiger partial charge in [-0.3, -0.25) is 9.59 Å². The fourth-order valence-corrected chi connectivity index (χ4v) is 2.62. The Morgan fingerprint density at radius 2 is 1.94 bits per heavy atom. The molecule has 0 aliphatic carbocycles. The summed E-state index contributed by atoms with van der Waals surface area (Å²) in [5.74, 6) is -0.165. The minimum atomic E-state index is -1.35. The second kappa shape index (κ2) is 7.56. The average molecular weight is 273 g/mol. The summed E-state index contributed by atoms with van der Waals surface area (Å²) >= 11 is 0. The molecular formula is C13H27NO3Si. The SMILES string of the molecule is CC(C)(C)[Si](C)(C)CCOC(=O)CCCNC=O. The lowest BCUT2D eigenvalue weighted by Crippen LogP contribution is -2.38. The first-order valence-electron chi connectivity index (χ1n) is 6.53. The van der Waals surface area contributed by atoms with Crippen LogP contribution < -0.4 is 5.32 Å². The number of carbonyl (C=O) groups excluding carboxylic acids is 2. The fraction of sp³-hybridized carbons (Fsp3) is 0.846. The standard InChI is InChI=1S/C13H27NO3Si/c1-13(2,3)18(4,5)10-9-17-12(16)7-6-8-14-11-15/h11H,6-10H2,1-5H3,(H,14,15). The molecule has 0 aliphatic heterocycles. The second-order valence-electron chi connectivity index (χ2n) is 6.28. The van der Waals surface area contributed by atoms with Crippen molar-refractivity contribution in [1.29, 1.82) is 0 Å². The highest BCUT2D eigenvalue weighted by Gasteiger charge is 2.34. The van der Waals surface area contributed by atoms with E-state index in [9.17, 15) is 9.59 Å². The Morgan fingerprint density at radius 3 is 2.44 bits per heavy atom. The van der Waals surface area contributed by atoms with E-state index in [1.54, 1.807) is 0 Å². The van der Waals surface area contributed by atoms with E-state index in [4.69, 9.17) is 4.74 Å². The molecule has 0 aromatic rings. The molecule has 0 heterocycles. The lowest BCUT2D eigenvalue weighted by molar-refractivity contribution is -0.143. The van der Waals surface area contributed by atoms with Gasteiger partial charge in [0.25, 0.3) is 0 Å². The quantitative estimate of drug-likeness (QED) is 0.320. The summed E-state index contributed by atoms with van der Waals surface area (Å²) in [6.45, 7) is 12.5. The van der Waals surface area contributed by atoms with E-state index in [-0.39, 0.29) is 5.97 Å². The van der Waals surface area contributed by atoms with Crippen molar-refractivity contribution in [2.45, 2.75) is 57.8 Å². The van der Waals surface area contributed by atoms with E-state index >= 15 is 0 Å². The van der Waals surface area contributed by atoms with Crippen LogP contribution in [-0.4, -0.2) is 33.6 Å². The largest absolute Gasteiger partial charge is 0.466 e. The molecule has 106 valence electrons. The number of hydrogen-bond donors (Lipinski definition) is 1. The summed E-state index contributed by atoms with van der Waals surface area (Å²) < 4.78 is 5.23. The summed E-state index contributed by atoms with van der Waals surface area (Å²) in [6, 6.07) is 0.995. The van der Waals surface area contributed by atoms with Crippen molar-refractivity contribution in [3.8, 4) is 0 Å². The number of ether oxygens (including phenoxy) is 1. The molecule has 0 saturated heterocycles. The smallest absolute Gasteiger partial charge is 0.305 e. The Kier molecular flexibility index (Phi) is 7.21. The number of rotatable bonds is 8. The van der Waals surface area contributed by atoms with E-state index in [0.29, 0.717) is 37.4 Å². The van der Waals surface area contributed by atoms with Crippen LogP contribution in [0.1, 0.15) is 33.6 Å². The Hall–Kier alpha value is -0.843. The van der Waals surface area contributed by atoms with Crippen molar-refractivity contribution in [2.24, 2.45) is 0 Å². The minimum absolute atomic E-state index is 0.165. The van der Waals surface area contributed by atoms with Gasteiger partial charge in [0.15, 0.2) is 0 Å². The molecule has 18 heavy (non-hydrogen) atoms. The van der Waals surface area contributed by atoms with Crippen LogP contribution in [0, 0.1) is 0 Å². The molecule has 0 spiro atoms. The maximum atomic E-state index is 11.4. The average Bonchev–Trinajstić information content (AvgIpc) is 2.22. The van der Waals surface area contributed by atoms with Crippen LogP contribution in [0.4, 0.5) is 0 Å².